The summed E-state index contributed by atoms with van der Waals surface area (Å²) >= 11 is 0. The van der Waals surface area contributed by atoms with E-state index in [1.165, 1.54) is 27.8 Å². The maximum Gasteiger partial charge on any atom is 0.0704 e. The lowest BCUT2D eigenvalue weighted by Crippen LogP contribution is -1.93. The monoisotopic (exact) mass is 273 g/mol. The van der Waals surface area contributed by atoms with Gasteiger partial charge in [0.2, 0.25) is 0 Å². The first kappa shape index (κ1) is 13.6. The Hall–Kier alpha value is -2.41. The van der Waals surface area contributed by atoms with Crippen LogP contribution in [-0.4, -0.2) is 4.98 Å². The summed E-state index contributed by atoms with van der Waals surface area (Å²) in [5.74, 6) is 0. The van der Waals surface area contributed by atoms with Crippen LogP contribution in [0, 0.1) is 13.8 Å². The highest BCUT2D eigenvalue weighted by molar-refractivity contribution is 5.60. The van der Waals surface area contributed by atoms with E-state index in [-0.39, 0.29) is 0 Å². The zero-order chi connectivity index (χ0) is 14.7. The summed E-state index contributed by atoms with van der Waals surface area (Å²) < 4.78 is 0. The molecular weight excluding hydrogens is 254 g/mol. The van der Waals surface area contributed by atoms with Crippen molar-refractivity contribution < 1.29 is 0 Å². The molecule has 0 radical (unpaired) electrons. The molecule has 1 aromatic heterocycles. The maximum absolute atomic E-state index is 4.50. The van der Waals surface area contributed by atoms with Crippen LogP contribution >= 0.6 is 0 Å². The third-order valence-electron chi connectivity index (χ3n) is 3.83. The summed E-state index contributed by atoms with van der Waals surface area (Å²) in [4.78, 5) is 4.50. The molecule has 0 amide bonds. The average molecular weight is 273 g/mol. The van der Waals surface area contributed by atoms with E-state index < -0.39 is 0 Å². The Balaban J connectivity index is 1.90. The van der Waals surface area contributed by atoms with Gasteiger partial charge in [-0.3, -0.25) is 4.98 Å². The normalized spacial score (nSPS) is 10.6. The zero-order valence-corrected chi connectivity index (χ0v) is 12.5. The lowest BCUT2D eigenvalue weighted by molar-refractivity contribution is 1.14. The van der Waals surface area contributed by atoms with E-state index in [9.17, 15) is 0 Å². The predicted octanol–water partition coefficient (Wildman–Crippen LogP) is 4.96. The van der Waals surface area contributed by atoms with Gasteiger partial charge in [0.25, 0.3) is 0 Å². The first-order valence-corrected chi connectivity index (χ1v) is 7.29. The van der Waals surface area contributed by atoms with E-state index in [1.807, 2.05) is 6.20 Å². The average Bonchev–Trinajstić information content (AvgIpc) is 2.51. The van der Waals surface area contributed by atoms with E-state index in [0.29, 0.717) is 0 Å². The predicted molar refractivity (Wildman–Crippen MR) is 88.4 cm³/mol. The fraction of sp³-hybridized carbons (Fsp3) is 0.150. The van der Waals surface area contributed by atoms with E-state index in [2.05, 4.69) is 79.5 Å². The van der Waals surface area contributed by atoms with Crippen molar-refractivity contribution in [2.45, 2.75) is 20.3 Å². The van der Waals surface area contributed by atoms with Crippen LogP contribution in [0.25, 0.3) is 11.3 Å². The molecule has 0 bridgehead atoms. The van der Waals surface area contributed by atoms with Crippen molar-refractivity contribution >= 4 is 0 Å². The van der Waals surface area contributed by atoms with Gasteiger partial charge in [-0.05, 0) is 49.1 Å². The molecular formula is C20H19N. The van der Waals surface area contributed by atoms with Gasteiger partial charge in [-0.15, -0.1) is 0 Å². The van der Waals surface area contributed by atoms with Crippen molar-refractivity contribution in [1.82, 2.24) is 4.98 Å². The molecule has 0 spiro atoms. The van der Waals surface area contributed by atoms with Gasteiger partial charge in [-0.25, -0.2) is 0 Å². The number of rotatable bonds is 3. The molecule has 0 aliphatic heterocycles. The van der Waals surface area contributed by atoms with Gasteiger partial charge in [-0.2, -0.15) is 0 Å². The van der Waals surface area contributed by atoms with Gasteiger partial charge in [-0.1, -0.05) is 54.1 Å². The number of hydrogen-bond acceptors (Lipinski definition) is 1. The molecule has 0 saturated carbocycles. The molecule has 2 aromatic carbocycles. The van der Waals surface area contributed by atoms with Crippen LogP contribution < -0.4 is 0 Å². The summed E-state index contributed by atoms with van der Waals surface area (Å²) in [6.45, 7) is 4.27. The lowest BCUT2D eigenvalue weighted by atomic mass is 10.00. The quantitative estimate of drug-likeness (QED) is 0.657. The Labute approximate surface area is 126 Å². The van der Waals surface area contributed by atoms with Crippen LogP contribution in [-0.2, 0) is 6.42 Å². The number of aromatic nitrogens is 1. The van der Waals surface area contributed by atoms with E-state index in [4.69, 9.17) is 0 Å². The molecule has 0 saturated heterocycles. The van der Waals surface area contributed by atoms with Gasteiger partial charge in [0.1, 0.15) is 0 Å². The van der Waals surface area contributed by atoms with Crippen LogP contribution in [0.15, 0.2) is 66.9 Å². The molecule has 0 unspecified atom stereocenters. The molecule has 21 heavy (non-hydrogen) atoms. The highest BCUT2D eigenvalue weighted by atomic mass is 14.7. The molecule has 0 aliphatic rings. The standard InChI is InChI=1S/C20H19N/c1-15-7-9-18(10-8-15)20-14-17(11-12-21-20)13-19-6-4-3-5-16(19)2/h3-12,14H,13H2,1-2H3. The number of nitrogens with zero attached hydrogens (tertiary/aromatic N) is 1. The molecule has 3 rings (SSSR count). The number of pyridine rings is 1. The Kier molecular flexibility index (Phi) is 3.83. The van der Waals surface area contributed by atoms with E-state index in [0.717, 1.165) is 12.1 Å². The van der Waals surface area contributed by atoms with Gasteiger partial charge in [0, 0.05) is 11.8 Å². The summed E-state index contributed by atoms with van der Waals surface area (Å²) in [5.41, 5.74) is 7.50. The Morgan fingerprint density at radius 2 is 1.62 bits per heavy atom. The zero-order valence-electron chi connectivity index (χ0n) is 12.5. The third kappa shape index (κ3) is 3.19. The van der Waals surface area contributed by atoms with Gasteiger partial charge in [0.15, 0.2) is 0 Å². The van der Waals surface area contributed by atoms with Crippen LogP contribution in [0.2, 0.25) is 0 Å². The summed E-state index contributed by atoms with van der Waals surface area (Å²) in [6, 6.07) is 21.4. The molecule has 3 aromatic rings. The second-order valence-corrected chi connectivity index (χ2v) is 5.52. The molecule has 0 aliphatic carbocycles. The van der Waals surface area contributed by atoms with Crippen molar-refractivity contribution in [3.05, 3.63) is 89.1 Å². The molecule has 1 nitrogen and oxygen atoms in total. The third-order valence-corrected chi connectivity index (χ3v) is 3.83. The molecule has 0 atom stereocenters. The number of hydrogen-bond donors (Lipinski definition) is 0. The number of benzene rings is 2. The molecule has 1 heterocycles. The fourth-order valence-electron chi connectivity index (χ4n) is 2.49. The molecule has 0 fully saturated rings. The van der Waals surface area contributed by atoms with Crippen LogP contribution in [0.1, 0.15) is 22.3 Å². The molecule has 1 heteroatoms. The second kappa shape index (κ2) is 5.92. The number of aryl methyl sites for hydroxylation is 2. The van der Waals surface area contributed by atoms with Crippen LogP contribution in [0.4, 0.5) is 0 Å². The second-order valence-electron chi connectivity index (χ2n) is 5.52. The highest BCUT2D eigenvalue weighted by Gasteiger charge is 2.03. The van der Waals surface area contributed by atoms with Crippen molar-refractivity contribution in [2.75, 3.05) is 0 Å². The molecule has 0 N–H and O–H groups in total. The summed E-state index contributed by atoms with van der Waals surface area (Å²) in [6.07, 6.45) is 2.86. The maximum atomic E-state index is 4.50. The van der Waals surface area contributed by atoms with Crippen molar-refractivity contribution in [3.63, 3.8) is 0 Å². The van der Waals surface area contributed by atoms with Gasteiger partial charge >= 0.3 is 0 Å². The SMILES string of the molecule is Cc1ccc(-c2cc(Cc3ccccc3C)ccn2)cc1. The van der Waals surface area contributed by atoms with Crippen molar-refractivity contribution in [1.29, 1.82) is 0 Å². The van der Waals surface area contributed by atoms with E-state index >= 15 is 0 Å². The minimum absolute atomic E-state index is 0.952. The Morgan fingerprint density at radius 1 is 0.857 bits per heavy atom. The van der Waals surface area contributed by atoms with E-state index in [1.54, 1.807) is 0 Å². The Morgan fingerprint density at radius 3 is 2.38 bits per heavy atom. The summed E-state index contributed by atoms with van der Waals surface area (Å²) in [5, 5.41) is 0. The van der Waals surface area contributed by atoms with Crippen molar-refractivity contribution in [2.24, 2.45) is 0 Å². The van der Waals surface area contributed by atoms with Gasteiger partial charge in [0.05, 0.1) is 5.69 Å². The minimum Gasteiger partial charge on any atom is -0.256 e. The molecule has 104 valence electrons. The minimum atomic E-state index is 0.952. The first-order valence-electron chi connectivity index (χ1n) is 7.29. The lowest BCUT2D eigenvalue weighted by Gasteiger charge is -2.08. The topological polar surface area (TPSA) is 12.9 Å². The fourth-order valence-corrected chi connectivity index (χ4v) is 2.49. The Bertz CT molecular complexity index is 742. The van der Waals surface area contributed by atoms with Crippen LogP contribution in [0.5, 0.6) is 0 Å². The first-order chi connectivity index (χ1) is 10.2. The van der Waals surface area contributed by atoms with Gasteiger partial charge < -0.3 is 0 Å². The van der Waals surface area contributed by atoms with Crippen LogP contribution in [0.3, 0.4) is 0 Å². The summed E-state index contributed by atoms with van der Waals surface area (Å²) in [7, 11) is 0. The largest absolute Gasteiger partial charge is 0.256 e. The smallest absolute Gasteiger partial charge is 0.0704 e. The van der Waals surface area contributed by atoms with Crippen molar-refractivity contribution in [3.8, 4) is 11.3 Å². The highest BCUT2D eigenvalue weighted by Crippen LogP contribution is 2.20.